The number of hydrogen-bond donors (Lipinski definition) is 1. The van der Waals surface area contributed by atoms with Crippen LogP contribution in [0.2, 0.25) is 0 Å². The quantitative estimate of drug-likeness (QED) is 0.548. The van der Waals surface area contributed by atoms with Crippen LogP contribution >= 0.6 is 0 Å². The van der Waals surface area contributed by atoms with Crippen LogP contribution in [0.4, 0.5) is 5.82 Å². The molecule has 0 atom stereocenters. The van der Waals surface area contributed by atoms with Gasteiger partial charge in [-0.2, -0.15) is 0 Å². The van der Waals surface area contributed by atoms with Gasteiger partial charge in [0, 0.05) is 0 Å². The van der Waals surface area contributed by atoms with E-state index >= 15 is 0 Å². The molecule has 0 saturated heterocycles. The van der Waals surface area contributed by atoms with Gasteiger partial charge in [0.25, 0.3) is 0 Å². The first kappa shape index (κ1) is 17.0. The molecule has 0 bridgehead atoms. The molecule has 0 fully saturated rings. The zero-order chi connectivity index (χ0) is 18.8. The number of esters is 1. The molecule has 27 heavy (non-hydrogen) atoms. The lowest BCUT2D eigenvalue weighted by atomic mass is 10.2. The van der Waals surface area contributed by atoms with Crippen molar-refractivity contribution in [2.75, 3.05) is 12.3 Å². The van der Waals surface area contributed by atoms with Gasteiger partial charge in [-0.25, -0.2) is 14.8 Å². The van der Waals surface area contributed by atoms with E-state index in [1.807, 2.05) is 66.1 Å². The Hall–Kier alpha value is -3.41. The molecule has 136 valence electrons. The molecule has 0 aliphatic rings. The number of nitrogens with zero attached hydrogens (tertiary/aromatic N) is 3. The van der Waals surface area contributed by atoms with Crippen LogP contribution in [0, 0.1) is 0 Å². The maximum absolute atomic E-state index is 12.7. The number of nitrogens with two attached hydrogens (primary N) is 1. The van der Waals surface area contributed by atoms with Gasteiger partial charge in [-0.15, -0.1) is 0 Å². The van der Waals surface area contributed by atoms with Crippen LogP contribution in [0.5, 0.6) is 0 Å². The third-order valence-corrected chi connectivity index (χ3v) is 4.42. The summed E-state index contributed by atoms with van der Waals surface area (Å²) in [5.74, 6) is -0.138. The molecule has 0 spiro atoms. The van der Waals surface area contributed by atoms with Crippen molar-refractivity contribution in [3.05, 3.63) is 65.7 Å². The fourth-order valence-electron chi connectivity index (χ4n) is 3.11. The number of benzene rings is 2. The molecule has 4 aromatic rings. The zero-order valence-electron chi connectivity index (χ0n) is 15.1. The Morgan fingerprint density at radius 1 is 1.04 bits per heavy atom. The fraction of sp³-hybridized carbons (Fsp3) is 0.190. The second-order valence-corrected chi connectivity index (χ2v) is 6.35. The van der Waals surface area contributed by atoms with Gasteiger partial charge in [0.15, 0.2) is 5.65 Å². The maximum Gasteiger partial charge on any atom is 0.344 e. The number of rotatable bonds is 5. The minimum absolute atomic E-state index is 0.285. The summed E-state index contributed by atoms with van der Waals surface area (Å²) in [6.45, 7) is 2.78. The number of para-hydroxylation sites is 2. The Balaban J connectivity index is 1.93. The number of carbonyl (C=O) groups is 1. The van der Waals surface area contributed by atoms with Crippen LogP contribution in [-0.4, -0.2) is 27.1 Å². The van der Waals surface area contributed by atoms with Gasteiger partial charge >= 0.3 is 5.97 Å². The molecule has 2 N–H and O–H groups in total. The summed E-state index contributed by atoms with van der Waals surface area (Å²) in [5, 5.41) is 0. The highest BCUT2D eigenvalue weighted by Crippen LogP contribution is 2.29. The second kappa shape index (κ2) is 7.07. The van der Waals surface area contributed by atoms with E-state index in [0.717, 1.165) is 17.5 Å². The first-order valence-electron chi connectivity index (χ1n) is 8.94. The van der Waals surface area contributed by atoms with Crippen molar-refractivity contribution in [3.63, 3.8) is 0 Å². The van der Waals surface area contributed by atoms with Gasteiger partial charge in [0.05, 0.1) is 24.2 Å². The minimum Gasteiger partial charge on any atom is -0.462 e. The highest BCUT2D eigenvalue weighted by atomic mass is 16.5. The van der Waals surface area contributed by atoms with Gasteiger partial charge in [0.1, 0.15) is 16.9 Å². The molecular weight excluding hydrogens is 340 g/mol. The molecule has 0 aliphatic heterocycles. The molecule has 2 heterocycles. The highest BCUT2D eigenvalue weighted by molar-refractivity contribution is 6.08. The van der Waals surface area contributed by atoms with Crippen molar-refractivity contribution in [1.29, 1.82) is 0 Å². The molecule has 0 saturated carbocycles. The van der Waals surface area contributed by atoms with Crippen LogP contribution in [0.15, 0.2) is 54.6 Å². The molecule has 0 radical (unpaired) electrons. The van der Waals surface area contributed by atoms with Gasteiger partial charge in [-0.3, -0.25) is 0 Å². The molecule has 4 rings (SSSR count). The predicted molar refractivity (Wildman–Crippen MR) is 106 cm³/mol. The molecule has 0 aliphatic carbocycles. The highest BCUT2D eigenvalue weighted by Gasteiger charge is 2.25. The lowest BCUT2D eigenvalue weighted by molar-refractivity contribution is 0.0508. The van der Waals surface area contributed by atoms with Crippen LogP contribution in [0.3, 0.4) is 0 Å². The average molecular weight is 360 g/mol. The van der Waals surface area contributed by atoms with Crippen molar-refractivity contribution in [2.24, 2.45) is 0 Å². The first-order chi connectivity index (χ1) is 13.2. The van der Waals surface area contributed by atoms with Crippen LogP contribution in [-0.2, 0) is 11.3 Å². The van der Waals surface area contributed by atoms with Crippen molar-refractivity contribution < 1.29 is 9.53 Å². The average Bonchev–Trinajstić information content (AvgIpc) is 2.96. The Bertz CT molecular complexity index is 1120. The number of fused-ring (bicyclic) bond motifs is 2. The molecule has 6 nitrogen and oxygen atoms in total. The van der Waals surface area contributed by atoms with Gasteiger partial charge in [-0.05, 0) is 24.1 Å². The Kier molecular flexibility index (Phi) is 4.46. The van der Waals surface area contributed by atoms with Crippen molar-refractivity contribution in [3.8, 4) is 0 Å². The monoisotopic (exact) mass is 360 g/mol. The van der Waals surface area contributed by atoms with Gasteiger partial charge in [0.2, 0.25) is 0 Å². The number of carbonyl (C=O) groups excluding carboxylic acids is 1. The van der Waals surface area contributed by atoms with Gasteiger partial charge in [-0.1, -0.05) is 49.4 Å². The summed E-state index contributed by atoms with van der Waals surface area (Å²) in [6, 6.07) is 17.5. The number of nitrogen functional groups attached to an aromatic ring is 1. The lowest BCUT2D eigenvalue weighted by Gasteiger charge is -2.08. The predicted octanol–water partition coefficient (Wildman–Crippen LogP) is 3.78. The third-order valence-electron chi connectivity index (χ3n) is 4.42. The smallest absolute Gasteiger partial charge is 0.344 e. The number of anilines is 1. The summed E-state index contributed by atoms with van der Waals surface area (Å²) >= 11 is 0. The van der Waals surface area contributed by atoms with Crippen LogP contribution in [0.1, 0.15) is 29.3 Å². The van der Waals surface area contributed by atoms with E-state index in [1.54, 1.807) is 0 Å². The van der Waals surface area contributed by atoms with E-state index < -0.39 is 5.97 Å². The van der Waals surface area contributed by atoms with Crippen molar-refractivity contribution >= 4 is 34.0 Å². The van der Waals surface area contributed by atoms with E-state index in [1.165, 1.54) is 0 Å². The van der Waals surface area contributed by atoms with Crippen molar-refractivity contribution in [1.82, 2.24) is 14.5 Å². The number of aromatic nitrogens is 3. The topological polar surface area (TPSA) is 83.0 Å². The summed E-state index contributed by atoms with van der Waals surface area (Å²) in [4.78, 5) is 22.1. The van der Waals surface area contributed by atoms with Gasteiger partial charge < -0.3 is 15.0 Å². The largest absolute Gasteiger partial charge is 0.462 e. The Labute approximate surface area is 156 Å². The van der Waals surface area contributed by atoms with E-state index in [-0.39, 0.29) is 5.56 Å². The van der Waals surface area contributed by atoms with Crippen molar-refractivity contribution in [2.45, 2.75) is 19.9 Å². The molecule has 6 heteroatoms. The molecule has 2 aromatic heterocycles. The number of hydrogen-bond acceptors (Lipinski definition) is 5. The summed E-state index contributed by atoms with van der Waals surface area (Å²) < 4.78 is 7.17. The maximum atomic E-state index is 12.7. The number of ether oxygens (including phenoxy) is 1. The van der Waals surface area contributed by atoms with E-state index in [0.29, 0.717) is 35.7 Å². The molecule has 2 aromatic carbocycles. The standard InChI is InChI=1S/C21H20N4O2/c1-2-12-27-21(26)17-18-20(24-16-11-7-6-10-15(16)23-18)25(19(17)22)13-14-8-4-3-5-9-14/h3-11H,2,12-13,22H2,1H3. The van der Waals surface area contributed by atoms with E-state index in [9.17, 15) is 4.79 Å². The zero-order valence-corrected chi connectivity index (χ0v) is 15.1. The third kappa shape index (κ3) is 3.10. The van der Waals surface area contributed by atoms with E-state index in [2.05, 4.69) is 4.98 Å². The van der Waals surface area contributed by atoms with E-state index in [4.69, 9.17) is 15.5 Å². The Morgan fingerprint density at radius 3 is 2.41 bits per heavy atom. The normalized spacial score (nSPS) is 11.1. The molecule has 0 amide bonds. The SMILES string of the molecule is CCCOC(=O)c1c(N)n(Cc2ccccc2)c2nc3ccccc3nc12. The summed E-state index contributed by atoms with van der Waals surface area (Å²) in [7, 11) is 0. The summed E-state index contributed by atoms with van der Waals surface area (Å²) in [6.07, 6.45) is 0.739. The minimum atomic E-state index is -0.462. The fourth-order valence-corrected chi connectivity index (χ4v) is 3.11. The Morgan fingerprint density at radius 2 is 1.70 bits per heavy atom. The molecular formula is C21H20N4O2. The lowest BCUT2D eigenvalue weighted by Crippen LogP contribution is -2.10. The van der Waals surface area contributed by atoms with Crippen LogP contribution in [0.25, 0.3) is 22.2 Å². The summed E-state index contributed by atoms with van der Waals surface area (Å²) in [5.41, 5.74) is 10.3. The first-order valence-corrected chi connectivity index (χ1v) is 8.94. The molecule has 0 unspecified atom stereocenters. The van der Waals surface area contributed by atoms with Crippen LogP contribution < -0.4 is 5.73 Å². The second-order valence-electron chi connectivity index (χ2n) is 6.35.